The Kier molecular flexibility index (Phi) is 4.16. The standard InChI is InChI=1S/C19H27NO2/c1-4-22-18(21)20-9-6-15-11-14-5-8-19(2,3)13-17(14)12-16(15)7-10-20/h11-12H,4-10,13H2,1-3H3. The van der Waals surface area contributed by atoms with Gasteiger partial charge in [0.05, 0.1) is 6.61 Å². The van der Waals surface area contributed by atoms with Crippen LogP contribution in [0.4, 0.5) is 4.79 Å². The first-order chi connectivity index (χ1) is 10.5. The second-order valence-corrected chi connectivity index (χ2v) is 7.42. The van der Waals surface area contributed by atoms with Gasteiger partial charge in [0.1, 0.15) is 0 Å². The van der Waals surface area contributed by atoms with Crippen molar-refractivity contribution in [2.24, 2.45) is 5.41 Å². The molecule has 0 bridgehead atoms. The Bertz CT molecular complexity index is 577. The second kappa shape index (κ2) is 5.94. The summed E-state index contributed by atoms with van der Waals surface area (Å²) in [4.78, 5) is 13.8. The van der Waals surface area contributed by atoms with Crippen molar-refractivity contribution in [3.05, 3.63) is 34.4 Å². The SMILES string of the molecule is CCOC(=O)N1CCc2cc3c(cc2CC1)CC(C)(C)CC3. The van der Waals surface area contributed by atoms with Gasteiger partial charge in [-0.05, 0) is 66.7 Å². The third-order valence-corrected chi connectivity index (χ3v) is 5.09. The van der Waals surface area contributed by atoms with Crippen LogP contribution >= 0.6 is 0 Å². The molecule has 1 aromatic rings. The van der Waals surface area contributed by atoms with Crippen molar-refractivity contribution >= 4 is 6.09 Å². The molecule has 0 N–H and O–H groups in total. The maximum Gasteiger partial charge on any atom is 0.409 e. The summed E-state index contributed by atoms with van der Waals surface area (Å²) >= 11 is 0. The molecule has 3 nitrogen and oxygen atoms in total. The molecule has 0 unspecified atom stereocenters. The predicted octanol–water partition coefficient (Wildman–Crippen LogP) is 3.76. The van der Waals surface area contributed by atoms with Crippen molar-refractivity contribution in [2.45, 2.75) is 52.9 Å². The molecule has 0 saturated carbocycles. The van der Waals surface area contributed by atoms with Gasteiger partial charge in [-0.25, -0.2) is 4.79 Å². The average molecular weight is 301 g/mol. The summed E-state index contributed by atoms with van der Waals surface area (Å²) in [5, 5.41) is 0. The van der Waals surface area contributed by atoms with Crippen molar-refractivity contribution in [1.82, 2.24) is 4.90 Å². The molecule has 3 rings (SSSR count). The molecule has 22 heavy (non-hydrogen) atoms. The normalized spacial score (nSPS) is 19.9. The van der Waals surface area contributed by atoms with Crippen molar-refractivity contribution < 1.29 is 9.53 Å². The first kappa shape index (κ1) is 15.4. The fraction of sp³-hybridized carbons (Fsp3) is 0.632. The number of rotatable bonds is 1. The van der Waals surface area contributed by atoms with Gasteiger partial charge < -0.3 is 9.64 Å². The summed E-state index contributed by atoms with van der Waals surface area (Å²) in [5.41, 5.74) is 6.35. The minimum atomic E-state index is -0.166. The minimum Gasteiger partial charge on any atom is -0.450 e. The maximum absolute atomic E-state index is 11.9. The molecule has 1 aromatic carbocycles. The molecule has 0 spiro atoms. The first-order valence-corrected chi connectivity index (χ1v) is 8.54. The highest BCUT2D eigenvalue weighted by Gasteiger charge is 2.27. The van der Waals surface area contributed by atoms with Gasteiger partial charge in [-0.2, -0.15) is 0 Å². The van der Waals surface area contributed by atoms with Crippen molar-refractivity contribution in [1.29, 1.82) is 0 Å². The Labute approximate surface area is 133 Å². The summed E-state index contributed by atoms with van der Waals surface area (Å²) < 4.78 is 5.15. The van der Waals surface area contributed by atoms with E-state index in [1.165, 1.54) is 41.5 Å². The molecule has 1 amide bonds. The molecule has 0 radical (unpaired) electrons. The van der Waals surface area contributed by atoms with Crippen LogP contribution in [0.25, 0.3) is 0 Å². The summed E-state index contributed by atoms with van der Waals surface area (Å²) in [6, 6.07) is 4.83. The number of hydrogen-bond donors (Lipinski definition) is 0. The molecule has 0 aromatic heterocycles. The third-order valence-electron chi connectivity index (χ3n) is 5.09. The van der Waals surface area contributed by atoms with E-state index in [1.54, 1.807) is 0 Å². The van der Waals surface area contributed by atoms with Gasteiger partial charge in [0.2, 0.25) is 0 Å². The van der Waals surface area contributed by atoms with Crippen molar-refractivity contribution in [2.75, 3.05) is 19.7 Å². The summed E-state index contributed by atoms with van der Waals surface area (Å²) in [7, 11) is 0. The molecule has 120 valence electrons. The van der Waals surface area contributed by atoms with Crippen LogP contribution in [0.2, 0.25) is 0 Å². The first-order valence-electron chi connectivity index (χ1n) is 8.54. The van der Waals surface area contributed by atoms with Gasteiger partial charge >= 0.3 is 6.09 Å². The van der Waals surface area contributed by atoms with Gasteiger partial charge in [-0.3, -0.25) is 0 Å². The molecule has 1 aliphatic carbocycles. The maximum atomic E-state index is 11.9. The minimum absolute atomic E-state index is 0.166. The van der Waals surface area contributed by atoms with E-state index in [0.29, 0.717) is 12.0 Å². The fourth-order valence-electron chi connectivity index (χ4n) is 3.75. The van der Waals surface area contributed by atoms with E-state index in [-0.39, 0.29) is 6.09 Å². The molecule has 0 atom stereocenters. The lowest BCUT2D eigenvalue weighted by Gasteiger charge is -2.32. The zero-order valence-corrected chi connectivity index (χ0v) is 14.1. The highest BCUT2D eigenvalue weighted by molar-refractivity contribution is 5.67. The Balaban J connectivity index is 1.80. The van der Waals surface area contributed by atoms with E-state index in [4.69, 9.17) is 4.74 Å². The van der Waals surface area contributed by atoms with E-state index >= 15 is 0 Å². The molecule has 3 heteroatoms. The van der Waals surface area contributed by atoms with Crippen LogP contribution in [0, 0.1) is 5.41 Å². The predicted molar refractivity (Wildman–Crippen MR) is 88.3 cm³/mol. The van der Waals surface area contributed by atoms with Crippen molar-refractivity contribution in [3.63, 3.8) is 0 Å². The number of amides is 1. The topological polar surface area (TPSA) is 29.5 Å². The quantitative estimate of drug-likeness (QED) is 0.790. The van der Waals surface area contributed by atoms with Gasteiger partial charge in [0, 0.05) is 13.1 Å². The Hall–Kier alpha value is -1.51. The second-order valence-electron chi connectivity index (χ2n) is 7.42. The van der Waals surface area contributed by atoms with Crippen LogP contribution in [-0.4, -0.2) is 30.7 Å². The number of fused-ring (bicyclic) bond motifs is 2. The summed E-state index contributed by atoms with van der Waals surface area (Å²) in [6.45, 7) is 8.59. The highest BCUT2D eigenvalue weighted by atomic mass is 16.6. The van der Waals surface area contributed by atoms with E-state index in [1.807, 2.05) is 11.8 Å². The zero-order valence-electron chi connectivity index (χ0n) is 14.1. The van der Waals surface area contributed by atoms with Crippen LogP contribution in [0.15, 0.2) is 12.1 Å². The number of benzene rings is 1. The number of carbonyl (C=O) groups excluding carboxylic acids is 1. The van der Waals surface area contributed by atoms with E-state index in [0.717, 1.165) is 25.9 Å². The van der Waals surface area contributed by atoms with E-state index in [2.05, 4.69) is 26.0 Å². The zero-order chi connectivity index (χ0) is 15.7. The third kappa shape index (κ3) is 3.13. The number of nitrogens with zero attached hydrogens (tertiary/aromatic N) is 1. The van der Waals surface area contributed by atoms with Crippen LogP contribution in [0.1, 0.15) is 49.4 Å². The van der Waals surface area contributed by atoms with E-state index in [9.17, 15) is 4.79 Å². The molecule has 0 saturated heterocycles. The van der Waals surface area contributed by atoms with Crippen LogP contribution in [0.3, 0.4) is 0 Å². The number of aryl methyl sites for hydroxylation is 1. The van der Waals surface area contributed by atoms with Crippen molar-refractivity contribution in [3.8, 4) is 0 Å². The fourth-order valence-corrected chi connectivity index (χ4v) is 3.75. The molecule has 1 aliphatic heterocycles. The Morgan fingerprint density at radius 1 is 1.09 bits per heavy atom. The lowest BCUT2D eigenvalue weighted by molar-refractivity contribution is 0.109. The molecule has 0 fully saturated rings. The van der Waals surface area contributed by atoms with Crippen LogP contribution in [-0.2, 0) is 30.4 Å². The highest BCUT2D eigenvalue weighted by Crippen LogP contribution is 2.36. The largest absolute Gasteiger partial charge is 0.450 e. The van der Waals surface area contributed by atoms with Gasteiger partial charge in [-0.1, -0.05) is 26.0 Å². The van der Waals surface area contributed by atoms with E-state index < -0.39 is 0 Å². The van der Waals surface area contributed by atoms with Gasteiger partial charge in [-0.15, -0.1) is 0 Å². The number of ether oxygens (including phenoxy) is 1. The summed E-state index contributed by atoms with van der Waals surface area (Å²) in [6.07, 6.45) is 5.37. The molecule has 1 heterocycles. The number of hydrogen-bond acceptors (Lipinski definition) is 2. The molecule has 2 aliphatic rings. The average Bonchev–Trinajstić information content (AvgIpc) is 2.66. The molecular weight excluding hydrogens is 274 g/mol. The van der Waals surface area contributed by atoms with Crippen LogP contribution in [0.5, 0.6) is 0 Å². The number of carbonyl (C=O) groups is 1. The summed E-state index contributed by atoms with van der Waals surface area (Å²) in [5.74, 6) is 0. The molecular formula is C19H27NO2. The monoisotopic (exact) mass is 301 g/mol. The Morgan fingerprint density at radius 2 is 1.68 bits per heavy atom. The van der Waals surface area contributed by atoms with Gasteiger partial charge in [0.25, 0.3) is 0 Å². The van der Waals surface area contributed by atoms with Crippen LogP contribution < -0.4 is 0 Å². The van der Waals surface area contributed by atoms with Gasteiger partial charge in [0.15, 0.2) is 0 Å². The Morgan fingerprint density at radius 3 is 2.32 bits per heavy atom. The smallest absolute Gasteiger partial charge is 0.409 e. The lowest BCUT2D eigenvalue weighted by Crippen LogP contribution is -2.33. The lowest BCUT2D eigenvalue weighted by atomic mass is 9.73.